The van der Waals surface area contributed by atoms with Crippen molar-refractivity contribution in [3.8, 4) is 0 Å². The molecule has 2 N–H and O–H groups in total. The molecule has 0 spiro atoms. The van der Waals surface area contributed by atoms with E-state index in [1.807, 2.05) is 13.8 Å². The van der Waals surface area contributed by atoms with Crippen molar-refractivity contribution in [2.45, 2.75) is 33.1 Å². The van der Waals surface area contributed by atoms with E-state index in [-0.39, 0.29) is 11.8 Å². The summed E-state index contributed by atoms with van der Waals surface area (Å²) in [5.74, 6) is 0.380. The van der Waals surface area contributed by atoms with Crippen molar-refractivity contribution in [1.82, 2.24) is 9.97 Å². The summed E-state index contributed by atoms with van der Waals surface area (Å²) in [5, 5.41) is 5.80. The van der Waals surface area contributed by atoms with E-state index in [0.717, 1.165) is 30.7 Å². The Kier molecular flexibility index (Phi) is 4.21. The molecule has 0 bridgehead atoms. The molecule has 0 fully saturated rings. The summed E-state index contributed by atoms with van der Waals surface area (Å²) < 4.78 is 0. The van der Waals surface area contributed by atoms with E-state index < -0.39 is 0 Å². The number of rotatable bonds is 5. The number of nitrogens with two attached hydrogens (primary N) is 1. The highest BCUT2D eigenvalue weighted by molar-refractivity contribution is 6.15. The maximum absolute atomic E-state index is 12.4. The Labute approximate surface area is 112 Å². The number of nitrogens with zero attached hydrogens (tertiary/aromatic N) is 4. The lowest BCUT2D eigenvalue weighted by atomic mass is 9.96. The number of carbonyl (C=O) groups excluding carboxylic acids is 1. The molecule has 1 atom stereocenters. The lowest BCUT2D eigenvalue weighted by Gasteiger charge is -2.13. The largest absolute Gasteiger partial charge is 0.330 e. The molecule has 102 valence electrons. The van der Waals surface area contributed by atoms with Crippen LogP contribution in [0.15, 0.2) is 17.5 Å². The molecule has 19 heavy (non-hydrogen) atoms. The predicted octanol–water partition coefficient (Wildman–Crippen LogP) is 1.25. The first kappa shape index (κ1) is 13.6. The Morgan fingerprint density at radius 1 is 1.42 bits per heavy atom. The number of aromatic nitrogens is 2. The fourth-order valence-corrected chi connectivity index (χ4v) is 2.19. The lowest BCUT2D eigenvalue weighted by Crippen LogP contribution is -2.28. The van der Waals surface area contributed by atoms with E-state index in [0.29, 0.717) is 12.4 Å². The van der Waals surface area contributed by atoms with Crippen molar-refractivity contribution in [2.24, 2.45) is 16.8 Å². The molecular weight excluding hydrogens is 242 g/mol. The SMILES string of the molecule is CCC1=NN(c2cc(C)ncn2)C(=O)C1CCCN. The van der Waals surface area contributed by atoms with Gasteiger partial charge in [-0.15, -0.1) is 0 Å². The fraction of sp³-hybridized carbons (Fsp3) is 0.538. The first-order chi connectivity index (χ1) is 9.17. The molecule has 2 heterocycles. The molecule has 6 nitrogen and oxygen atoms in total. The van der Waals surface area contributed by atoms with E-state index >= 15 is 0 Å². The van der Waals surface area contributed by atoms with Gasteiger partial charge in [-0.05, 0) is 32.7 Å². The van der Waals surface area contributed by atoms with E-state index in [1.54, 1.807) is 6.07 Å². The van der Waals surface area contributed by atoms with E-state index in [1.165, 1.54) is 11.3 Å². The van der Waals surface area contributed by atoms with Crippen LogP contribution < -0.4 is 10.7 Å². The maximum Gasteiger partial charge on any atom is 0.257 e. The standard InChI is InChI=1S/C13H19N5O/c1-3-11-10(5-4-6-14)13(19)18(17-11)12-7-9(2)15-8-16-12/h7-8,10H,3-6,14H2,1-2H3. The molecule has 1 aromatic heterocycles. The van der Waals surface area contributed by atoms with Crippen LogP contribution in [0.2, 0.25) is 0 Å². The highest BCUT2D eigenvalue weighted by Crippen LogP contribution is 2.26. The van der Waals surface area contributed by atoms with Crippen molar-refractivity contribution >= 4 is 17.4 Å². The molecule has 1 aliphatic rings. The smallest absolute Gasteiger partial charge is 0.257 e. The summed E-state index contributed by atoms with van der Waals surface area (Å²) in [6.07, 6.45) is 3.79. The van der Waals surface area contributed by atoms with Gasteiger partial charge in [0.1, 0.15) is 6.33 Å². The third-order valence-corrected chi connectivity index (χ3v) is 3.20. The second-order valence-electron chi connectivity index (χ2n) is 4.60. The van der Waals surface area contributed by atoms with Crippen molar-refractivity contribution in [1.29, 1.82) is 0 Å². The van der Waals surface area contributed by atoms with Crippen LogP contribution in [0, 0.1) is 12.8 Å². The van der Waals surface area contributed by atoms with Gasteiger partial charge in [-0.1, -0.05) is 6.92 Å². The molecule has 0 saturated heterocycles. The van der Waals surface area contributed by atoms with Crippen molar-refractivity contribution < 1.29 is 4.79 Å². The van der Waals surface area contributed by atoms with Crippen molar-refractivity contribution in [3.63, 3.8) is 0 Å². The highest BCUT2D eigenvalue weighted by Gasteiger charge is 2.35. The van der Waals surface area contributed by atoms with Gasteiger partial charge in [-0.3, -0.25) is 4.79 Å². The second-order valence-corrected chi connectivity index (χ2v) is 4.60. The zero-order valence-corrected chi connectivity index (χ0v) is 11.3. The van der Waals surface area contributed by atoms with Crippen LogP contribution in [0.1, 0.15) is 31.9 Å². The number of aryl methyl sites for hydroxylation is 1. The predicted molar refractivity (Wildman–Crippen MR) is 73.8 cm³/mol. The Balaban J connectivity index is 2.24. The number of hydrogen-bond donors (Lipinski definition) is 1. The molecule has 0 aliphatic carbocycles. The summed E-state index contributed by atoms with van der Waals surface area (Å²) in [7, 11) is 0. The summed E-state index contributed by atoms with van der Waals surface area (Å²) in [5.41, 5.74) is 7.25. The third-order valence-electron chi connectivity index (χ3n) is 3.20. The molecule has 1 aromatic rings. The number of hydrazone groups is 1. The van der Waals surface area contributed by atoms with E-state index in [4.69, 9.17) is 5.73 Å². The number of hydrogen-bond acceptors (Lipinski definition) is 5. The molecule has 2 rings (SSSR count). The second kappa shape index (κ2) is 5.88. The molecule has 0 saturated carbocycles. The van der Waals surface area contributed by atoms with Gasteiger partial charge in [0.05, 0.1) is 11.6 Å². The normalized spacial score (nSPS) is 18.9. The van der Waals surface area contributed by atoms with Crippen molar-refractivity contribution in [2.75, 3.05) is 11.6 Å². The molecular formula is C13H19N5O. The summed E-state index contributed by atoms with van der Waals surface area (Å²) >= 11 is 0. The Morgan fingerprint density at radius 3 is 2.84 bits per heavy atom. The zero-order chi connectivity index (χ0) is 13.8. The minimum Gasteiger partial charge on any atom is -0.330 e. The summed E-state index contributed by atoms with van der Waals surface area (Å²) in [4.78, 5) is 20.6. The van der Waals surface area contributed by atoms with Crippen LogP contribution in [0.4, 0.5) is 5.82 Å². The van der Waals surface area contributed by atoms with Gasteiger partial charge in [0, 0.05) is 11.8 Å². The fourth-order valence-electron chi connectivity index (χ4n) is 2.19. The maximum atomic E-state index is 12.4. The number of anilines is 1. The highest BCUT2D eigenvalue weighted by atomic mass is 16.2. The number of carbonyl (C=O) groups is 1. The van der Waals surface area contributed by atoms with Gasteiger partial charge < -0.3 is 5.73 Å². The van der Waals surface area contributed by atoms with Gasteiger partial charge in [0.2, 0.25) is 0 Å². The van der Waals surface area contributed by atoms with Crippen LogP contribution in [-0.4, -0.2) is 28.1 Å². The monoisotopic (exact) mass is 261 g/mol. The van der Waals surface area contributed by atoms with Crippen LogP contribution in [0.3, 0.4) is 0 Å². The van der Waals surface area contributed by atoms with Gasteiger partial charge in [-0.25, -0.2) is 9.97 Å². The first-order valence-electron chi connectivity index (χ1n) is 6.57. The van der Waals surface area contributed by atoms with Gasteiger partial charge in [0.15, 0.2) is 5.82 Å². The Morgan fingerprint density at radius 2 is 2.21 bits per heavy atom. The Bertz CT molecular complexity index is 500. The van der Waals surface area contributed by atoms with E-state index in [2.05, 4.69) is 15.1 Å². The topological polar surface area (TPSA) is 84.5 Å². The zero-order valence-electron chi connectivity index (χ0n) is 11.3. The van der Waals surface area contributed by atoms with E-state index in [9.17, 15) is 4.79 Å². The van der Waals surface area contributed by atoms with Crippen molar-refractivity contribution in [3.05, 3.63) is 18.1 Å². The van der Waals surface area contributed by atoms with Crippen LogP contribution in [0.25, 0.3) is 0 Å². The summed E-state index contributed by atoms with van der Waals surface area (Å²) in [6, 6.07) is 1.76. The first-order valence-corrected chi connectivity index (χ1v) is 6.57. The van der Waals surface area contributed by atoms with Crippen LogP contribution >= 0.6 is 0 Å². The molecule has 1 amide bonds. The average molecular weight is 261 g/mol. The molecule has 1 aliphatic heterocycles. The quantitative estimate of drug-likeness (QED) is 0.864. The van der Waals surface area contributed by atoms with Gasteiger partial charge in [0.25, 0.3) is 5.91 Å². The van der Waals surface area contributed by atoms with Crippen LogP contribution in [-0.2, 0) is 4.79 Å². The molecule has 1 unspecified atom stereocenters. The van der Waals surface area contributed by atoms with Crippen LogP contribution in [0.5, 0.6) is 0 Å². The molecule has 6 heteroatoms. The van der Waals surface area contributed by atoms with Gasteiger partial charge >= 0.3 is 0 Å². The summed E-state index contributed by atoms with van der Waals surface area (Å²) in [6.45, 7) is 4.46. The molecule has 0 aromatic carbocycles. The molecule has 0 radical (unpaired) electrons. The average Bonchev–Trinajstić information content (AvgIpc) is 2.73. The third kappa shape index (κ3) is 2.78. The Hall–Kier alpha value is -1.82. The number of amides is 1. The van der Waals surface area contributed by atoms with Gasteiger partial charge in [-0.2, -0.15) is 10.1 Å². The minimum atomic E-state index is -0.149. The lowest BCUT2D eigenvalue weighted by molar-refractivity contribution is -0.120. The minimum absolute atomic E-state index is 0.0107.